The smallest absolute Gasteiger partial charge is 0.283 e. The molecule has 1 aromatic heterocycles. The van der Waals surface area contributed by atoms with E-state index in [2.05, 4.69) is 0 Å². The van der Waals surface area contributed by atoms with Crippen molar-refractivity contribution in [3.63, 3.8) is 0 Å². The number of aryl methyl sites for hydroxylation is 3. The number of aromatic nitrogens is 1. The second-order valence-electron chi connectivity index (χ2n) is 6.38. The topological polar surface area (TPSA) is 4.93 Å². The molecule has 1 unspecified atom stereocenters. The summed E-state index contributed by atoms with van der Waals surface area (Å²) in [5.74, 6) is 0. The molecule has 1 heterocycles. The molecule has 3 aromatic rings. The number of alkyl halides is 2. The molecule has 0 amide bonds. The monoisotopic (exact) mass is 399 g/mol. The highest BCUT2D eigenvalue weighted by molar-refractivity contribution is 7.17. The Morgan fingerprint density at radius 1 is 1.08 bits per heavy atom. The van der Waals surface area contributed by atoms with Crippen LogP contribution in [-0.2, 0) is 19.1 Å². The van der Waals surface area contributed by atoms with E-state index in [4.69, 9.17) is 23.2 Å². The lowest BCUT2D eigenvalue weighted by atomic mass is 10.0. The van der Waals surface area contributed by atoms with Crippen LogP contribution in [0.5, 0.6) is 0 Å². The quantitative estimate of drug-likeness (QED) is 0.436. The summed E-state index contributed by atoms with van der Waals surface area (Å²) in [6, 6.07) is 8.81. The molecule has 0 aliphatic carbocycles. The van der Waals surface area contributed by atoms with Gasteiger partial charge in [0.2, 0.25) is 0 Å². The Hall–Kier alpha value is -1.15. The van der Waals surface area contributed by atoms with Crippen LogP contribution >= 0.6 is 32.4 Å². The lowest BCUT2D eigenvalue weighted by Crippen LogP contribution is -2.04. The zero-order valence-corrected chi connectivity index (χ0v) is 16.8. The van der Waals surface area contributed by atoms with E-state index in [1.165, 1.54) is 12.1 Å². The fourth-order valence-electron chi connectivity index (χ4n) is 3.08. The van der Waals surface area contributed by atoms with E-state index in [0.29, 0.717) is 16.5 Å². The summed E-state index contributed by atoms with van der Waals surface area (Å²) >= 11 is 12.7. The van der Waals surface area contributed by atoms with Gasteiger partial charge in [0.15, 0.2) is 0 Å². The highest BCUT2D eigenvalue weighted by atomic mass is 35.5. The number of nitrogens with zero attached hydrogens (tertiary/aromatic N) is 1. The van der Waals surface area contributed by atoms with Crippen LogP contribution in [-0.4, -0.2) is 4.57 Å². The summed E-state index contributed by atoms with van der Waals surface area (Å²) in [5, 5.41) is 2.21. The van der Waals surface area contributed by atoms with Crippen LogP contribution in [0.1, 0.15) is 27.9 Å². The molecule has 0 fully saturated rings. The first-order valence-corrected chi connectivity index (χ1v) is 9.12. The maximum atomic E-state index is 13.7. The minimum atomic E-state index is -2.95. The predicted molar refractivity (Wildman–Crippen MR) is 105 cm³/mol. The van der Waals surface area contributed by atoms with Gasteiger partial charge in [0, 0.05) is 45.7 Å². The van der Waals surface area contributed by atoms with Gasteiger partial charge in [-0.2, -0.15) is 8.78 Å². The van der Waals surface area contributed by atoms with Gasteiger partial charge in [-0.25, -0.2) is 0 Å². The van der Waals surface area contributed by atoms with Crippen LogP contribution in [0.25, 0.3) is 10.9 Å². The molecular weight excluding hydrogens is 382 g/mol. The SMILES string of the molecule is Cc1ccc(Cl)c(Cc2cc3c(C)cc(C(F)(F)P)cc3n2C)c1Cl. The number of fused-ring (bicyclic) bond motifs is 1. The Morgan fingerprint density at radius 2 is 1.76 bits per heavy atom. The average Bonchev–Trinajstić information content (AvgIpc) is 2.84. The number of benzene rings is 2. The van der Waals surface area contributed by atoms with Crippen LogP contribution in [0.3, 0.4) is 0 Å². The van der Waals surface area contributed by atoms with Crippen molar-refractivity contribution < 1.29 is 8.78 Å². The maximum absolute atomic E-state index is 13.7. The predicted octanol–water partition coefficient (Wildman–Crippen LogP) is 6.62. The minimum Gasteiger partial charge on any atom is -0.347 e. The lowest BCUT2D eigenvalue weighted by molar-refractivity contribution is 0.104. The molecule has 6 heteroatoms. The number of hydrogen-bond acceptors (Lipinski definition) is 0. The average molecular weight is 400 g/mol. The number of rotatable bonds is 3. The fraction of sp³-hybridized carbons (Fsp3) is 0.263. The molecule has 2 aromatic carbocycles. The van der Waals surface area contributed by atoms with Crippen molar-refractivity contribution in [2.75, 3.05) is 0 Å². The summed E-state index contributed by atoms with van der Waals surface area (Å²) in [7, 11) is 3.47. The molecule has 25 heavy (non-hydrogen) atoms. The van der Waals surface area contributed by atoms with Crippen molar-refractivity contribution in [3.05, 3.63) is 68.3 Å². The highest BCUT2D eigenvalue weighted by Crippen LogP contribution is 2.38. The Balaban J connectivity index is 2.15. The molecule has 0 saturated carbocycles. The highest BCUT2D eigenvalue weighted by Gasteiger charge is 2.26. The standard InChI is InChI=1S/C19H18Cl2F2NP/c1-10-4-5-16(20)15(18(10)21)9-13-8-14-11(2)6-12(19(22,23)25)7-17(14)24(13)3/h4-8H,9,25H2,1-3H3. The van der Waals surface area contributed by atoms with Gasteiger partial charge >= 0.3 is 0 Å². The normalized spacial score (nSPS) is 12.2. The van der Waals surface area contributed by atoms with Crippen molar-refractivity contribution in [3.8, 4) is 0 Å². The molecule has 0 aliphatic heterocycles. The Bertz CT molecular complexity index is 974. The molecular formula is C19H18Cl2F2NP. The first-order chi connectivity index (χ1) is 11.6. The largest absolute Gasteiger partial charge is 0.347 e. The molecule has 0 radical (unpaired) electrons. The van der Waals surface area contributed by atoms with Gasteiger partial charge < -0.3 is 4.57 Å². The van der Waals surface area contributed by atoms with Gasteiger partial charge in [-0.15, -0.1) is 0 Å². The fourth-order valence-corrected chi connectivity index (χ4v) is 3.75. The van der Waals surface area contributed by atoms with Crippen molar-refractivity contribution in [2.45, 2.75) is 25.9 Å². The van der Waals surface area contributed by atoms with Crippen molar-refractivity contribution in [1.82, 2.24) is 4.57 Å². The Morgan fingerprint density at radius 3 is 2.40 bits per heavy atom. The summed E-state index contributed by atoms with van der Waals surface area (Å²) < 4.78 is 29.4. The van der Waals surface area contributed by atoms with E-state index in [-0.39, 0.29) is 5.56 Å². The maximum Gasteiger partial charge on any atom is 0.283 e. The van der Waals surface area contributed by atoms with Crippen LogP contribution < -0.4 is 0 Å². The van der Waals surface area contributed by atoms with Crippen LogP contribution in [0, 0.1) is 13.8 Å². The third-order valence-electron chi connectivity index (χ3n) is 4.59. The molecule has 0 spiro atoms. The summed E-state index contributed by atoms with van der Waals surface area (Å²) in [5.41, 5.74) is 1.40. The molecule has 0 saturated heterocycles. The van der Waals surface area contributed by atoms with Gasteiger partial charge in [-0.05, 0) is 54.8 Å². The third kappa shape index (κ3) is 3.43. The zero-order valence-electron chi connectivity index (χ0n) is 14.1. The second kappa shape index (κ2) is 6.54. The van der Waals surface area contributed by atoms with E-state index < -0.39 is 5.66 Å². The summed E-state index contributed by atoms with van der Waals surface area (Å²) in [4.78, 5) is 0. The van der Waals surface area contributed by atoms with Crippen LogP contribution in [0.2, 0.25) is 10.0 Å². The Kier molecular flexibility index (Phi) is 4.87. The number of halogens is 4. The molecule has 1 nitrogen and oxygen atoms in total. The molecule has 1 atom stereocenters. The second-order valence-corrected chi connectivity index (χ2v) is 7.89. The van der Waals surface area contributed by atoms with Crippen LogP contribution in [0.15, 0.2) is 30.3 Å². The minimum absolute atomic E-state index is 0.0122. The molecule has 0 N–H and O–H groups in total. The van der Waals surface area contributed by atoms with Crippen LogP contribution in [0.4, 0.5) is 8.78 Å². The molecule has 132 valence electrons. The zero-order chi connectivity index (χ0) is 18.5. The molecule has 3 rings (SSSR count). The van der Waals surface area contributed by atoms with Gasteiger partial charge in [-0.1, -0.05) is 38.5 Å². The first kappa shape index (κ1) is 18.6. The van der Waals surface area contributed by atoms with Crippen molar-refractivity contribution in [1.29, 1.82) is 0 Å². The molecule has 0 bridgehead atoms. The summed E-state index contributed by atoms with van der Waals surface area (Å²) in [6.07, 6.45) is 0.538. The number of hydrogen-bond donors (Lipinski definition) is 0. The molecule has 0 aliphatic rings. The van der Waals surface area contributed by atoms with Gasteiger partial charge in [0.05, 0.1) is 0 Å². The van der Waals surface area contributed by atoms with E-state index in [1.807, 2.05) is 43.7 Å². The van der Waals surface area contributed by atoms with Crippen molar-refractivity contribution in [2.24, 2.45) is 7.05 Å². The van der Waals surface area contributed by atoms with E-state index in [0.717, 1.165) is 33.3 Å². The lowest BCUT2D eigenvalue weighted by Gasteiger charge is -2.13. The Labute approximate surface area is 158 Å². The van der Waals surface area contributed by atoms with Gasteiger partial charge in [0.25, 0.3) is 5.66 Å². The summed E-state index contributed by atoms with van der Waals surface area (Å²) in [6.45, 7) is 3.78. The van der Waals surface area contributed by atoms with E-state index in [1.54, 1.807) is 9.24 Å². The first-order valence-electron chi connectivity index (χ1n) is 7.79. The van der Waals surface area contributed by atoms with E-state index in [9.17, 15) is 8.78 Å². The van der Waals surface area contributed by atoms with E-state index >= 15 is 0 Å². The third-order valence-corrected chi connectivity index (χ3v) is 5.80. The van der Waals surface area contributed by atoms with Crippen molar-refractivity contribution >= 4 is 43.3 Å². The van der Waals surface area contributed by atoms with Gasteiger partial charge in [-0.3, -0.25) is 0 Å². The van der Waals surface area contributed by atoms with Gasteiger partial charge in [0.1, 0.15) is 0 Å².